The van der Waals surface area contributed by atoms with Crippen molar-refractivity contribution in [2.24, 2.45) is 5.92 Å². The molecule has 1 fully saturated rings. The van der Waals surface area contributed by atoms with E-state index in [1.54, 1.807) is 6.07 Å². The van der Waals surface area contributed by atoms with Crippen molar-refractivity contribution in [2.75, 3.05) is 0 Å². The number of aliphatic carboxylic acids is 1. The molecule has 2 amide bonds. The lowest BCUT2D eigenvalue weighted by Gasteiger charge is -2.27. The van der Waals surface area contributed by atoms with Crippen LogP contribution in [0, 0.1) is 5.92 Å². The Morgan fingerprint density at radius 3 is 2.85 bits per heavy atom. The van der Waals surface area contributed by atoms with Crippen LogP contribution < -0.4 is 10.6 Å². The fourth-order valence-corrected chi connectivity index (χ4v) is 3.42. The molecule has 1 heterocycles. The lowest BCUT2D eigenvalue weighted by Crippen LogP contribution is -2.44. The summed E-state index contributed by atoms with van der Waals surface area (Å²) in [4.78, 5) is 23.7. The van der Waals surface area contributed by atoms with Crippen LogP contribution in [-0.4, -0.2) is 23.1 Å². The van der Waals surface area contributed by atoms with Crippen LogP contribution in [0.15, 0.2) is 12.1 Å². The molecule has 1 aliphatic carbocycles. The largest absolute Gasteiger partial charge is 0.481 e. The number of nitrogens with one attached hydrogen (secondary N) is 2. The number of carbonyl (C=O) groups is 2. The number of hydrogen-bond acceptors (Lipinski definition) is 3. The molecule has 1 aliphatic rings. The molecule has 2 rings (SSSR count). The second-order valence-corrected chi connectivity index (χ2v) is 6.73. The van der Waals surface area contributed by atoms with E-state index in [9.17, 15) is 9.59 Å². The molecule has 0 aromatic carbocycles. The zero-order valence-electron chi connectivity index (χ0n) is 10.9. The molecule has 0 spiro atoms. The Hall–Kier alpha value is -1.27. The molecule has 3 N–H and O–H groups in total. The molecule has 110 valence electrons. The van der Waals surface area contributed by atoms with Crippen LogP contribution >= 0.6 is 22.9 Å². The second kappa shape index (κ2) is 6.95. The predicted octanol–water partition coefficient (Wildman–Crippen LogP) is 2.84. The van der Waals surface area contributed by atoms with Gasteiger partial charge in [-0.3, -0.25) is 4.79 Å². The number of urea groups is 1. The Bertz CT molecular complexity index is 492. The van der Waals surface area contributed by atoms with Gasteiger partial charge in [0.25, 0.3) is 0 Å². The number of amides is 2. The fourth-order valence-electron chi connectivity index (χ4n) is 2.40. The molecule has 0 bridgehead atoms. The van der Waals surface area contributed by atoms with Gasteiger partial charge in [0.1, 0.15) is 0 Å². The fraction of sp³-hybridized carbons (Fsp3) is 0.538. The van der Waals surface area contributed by atoms with E-state index in [-0.39, 0.29) is 18.0 Å². The molecular formula is C13H17ClN2O3S. The van der Waals surface area contributed by atoms with Gasteiger partial charge in [0, 0.05) is 10.9 Å². The minimum atomic E-state index is -0.773. The van der Waals surface area contributed by atoms with Crippen molar-refractivity contribution >= 4 is 34.9 Å². The summed E-state index contributed by atoms with van der Waals surface area (Å²) in [5, 5.41) is 14.6. The summed E-state index contributed by atoms with van der Waals surface area (Å²) < 4.78 is 0.693. The van der Waals surface area contributed by atoms with E-state index in [2.05, 4.69) is 10.6 Å². The first-order valence-electron chi connectivity index (χ1n) is 6.56. The van der Waals surface area contributed by atoms with Crippen molar-refractivity contribution in [3.63, 3.8) is 0 Å². The molecule has 0 radical (unpaired) electrons. The molecule has 1 aromatic heterocycles. The number of thiophene rings is 1. The van der Waals surface area contributed by atoms with Gasteiger partial charge in [-0.15, -0.1) is 11.3 Å². The lowest BCUT2D eigenvalue weighted by molar-refractivity contribution is -0.143. The zero-order chi connectivity index (χ0) is 14.5. The van der Waals surface area contributed by atoms with Gasteiger partial charge in [-0.2, -0.15) is 0 Å². The second-order valence-electron chi connectivity index (χ2n) is 4.93. The molecule has 1 saturated carbocycles. The van der Waals surface area contributed by atoms with E-state index >= 15 is 0 Å². The summed E-state index contributed by atoms with van der Waals surface area (Å²) >= 11 is 7.24. The first-order chi connectivity index (χ1) is 9.54. The van der Waals surface area contributed by atoms with Crippen molar-refractivity contribution < 1.29 is 14.7 Å². The Balaban J connectivity index is 1.75. The van der Waals surface area contributed by atoms with E-state index in [0.717, 1.165) is 17.7 Å². The molecule has 5 nitrogen and oxygen atoms in total. The van der Waals surface area contributed by atoms with Crippen molar-refractivity contribution in [3.8, 4) is 0 Å². The highest BCUT2D eigenvalue weighted by atomic mass is 35.5. The maximum atomic E-state index is 11.8. The van der Waals surface area contributed by atoms with Crippen LogP contribution in [0.2, 0.25) is 4.34 Å². The third-order valence-corrected chi connectivity index (χ3v) is 4.64. The molecule has 1 aromatic rings. The minimum Gasteiger partial charge on any atom is -0.481 e. The molecule has 7 heteroatoms. The van der Waals surface area contributed by atoms with Gasteiger partial charge in [0.2, 0.25) is 0 Å². The summed E-state index contributed by atoms with van der Waals surface area (Å²) in [6, 6.07) is 3.34. The average molecular weight is 317 g/mol. The minimum absolute atomic E-state index is 0.0585. The zero-order valence-corrected chi connectivity index (χ0v) is 12.5. The number of hydrogen-bond donors (Lipinski definition) is 3. The van der Waals surface area contributed by atoms with Crippen molar-refractivity contribution in [2.45, 2.75) is 38.3 Å². The molecule has 2 atom stereocenters. The van der Waals surface area contributed by atoms with Gasteiger partial charge in [0.05, 0.1) is 16.8 Å². The van der Waals surface area contributed by atoms with Gasteiger partial charge >= 0.3 is 12.0 Å². The van der Waals surface area contributed by atoms with Crippen LogP contribution in [-0.2, 0) is 11.3 Å². The van der Waals surface area contributed by atoms with E-state index < -0.39 is 5.97 Å². The monoisotopic (exact) mass is 316 g/mol. The standard InChI is InChI=1S/C13H17ClN2O3S/c14-11-5-4-10(20-11)7-15-13(19)16-9-3-1-2-8(6-9)12(17)18/h4-5,8-9H,1-3,6-7H2,(H,17,18)(H2,15,16,19). The molecule has 0 saturated heterocycles. The molecule has 2 unspecified atom stereocenters. The number of carboxylic acid groups (broad SMARTS) is 1. The third-order valence-electron chi connectivity index (χ3n) is 3.41. The van der Waals surface area contributed by atoms with Crippen molar-refractivity contribution in [3.05, 3.63) is 21.3 Å². The number of halogens is 1. The maximum Gasteiger partial charge on any atom is 0.315 e. The molecular weight excluding hydrogens is 300 g/mol. The van der Waals surface area contributed by atoms with Crippen LogP contribution in [0.1, 0.15) is 30.6 Å². The Morgan fingerprint density at radius 2 is 2.20 bits per heavy atom. The van der Waals surface area contributed by atoms with Gasteiger partial charge in [-0.25, -0.2) is 4.79 Å². The summed E-state index contributed by atoms with van der Waals surface area (Å²) in [6.45, 7) is 0.429. The summed E-state index contributed by atoms with van der Waals surface area (Å²) in [6.07, 6.45) is 2.88. The van der Waals surface area contributed by atoms with Crippen LogP contribution in [0.25, 0.3) is 0 Å². The number of carboxylic acids is 1. The number of carbonyl (C=O) groups excluding carboxylic acids is 1. The average Bonchev–Trinajstić information content (AvgIpc) is 2.82. The first-order valence-corrected chi connectivity index (χ1v) is 7.75. The Kier molecular flexibility index (Phi) is 5.25. The summed E-state index contributed by atoms with van der Waals surface area (Å²) in [7, 11) is 0. The van der Waals surface area contributed by atoms with Gasteiger partial charge in [0.15, 0.2) is 0 Å². The van der Waals surface area contributed by atoms with Gasteiger partial charge in [-0.1, -0.05) is 18.0 Å². The normalized spacial score (nSPS) is 22.2. The molecule has 0 aliphatic heterocycles. The van der Waals surface area contributed by atoms with E-state index in [1.807, 2.05) is 6.07 Å². The SMILES string of the molecule is O=C(NCc1ccc(Cl)s1)NC1CCCC(C(=O)O)C1. The van der Waals surface area contributed by atoms with E-state index in [0.29, 0.717) is 23.7 Å². The van der Waals surface area contributed by atoms with Gasteiger partial charge < -0.3 is 15.7 Å². The van der Waals surface area contributed by atoms with E-state index in [4.69, 9.17) is 16.7 Å². The van der Waals surface area contributed by atoms with E-state index in [1.165, 1.54) is 11.3 Å². The lowest BCUT2D eigenvalue weighted by atomic mass is 9.86. The first kappa shape index (κ1) is 15.1. The topological polar surface area (TPSA) is 78.4 Å². The Labute approximate surface area is 126 Å². The summed E-state index contributed by atoms with van der Waals surface area (Å²) in [5.41, 5.74) is 0. The maximum absolute atomic E-state index is 11.8. The summed E-state index contributed by atoms with van der Waals surface area (Å²) in [5.74, 6) is -1.12. The third kappa shape index (κ3) is 4.38. The molecule has 20 heavy (non-hydrogen) atoms. The van der Waals surface area contributed by atoms with Gasteiger partial charge in [-0.05, 0) is 31.4 Å². The highest BCUT2D eigenvalue weighted by molar-refractivity contribution is 7.16. The highest BCUT2D eigenvalue weighted by Gasteiger charge is 2.27. The van der Waals surface area contributed by atoms with Crippen LogP contribution in [0.4, 0.5) is 4.79 Å². The number of rotatable bonds is 4. The highest BCUT2D eigenvalue weighted by Crippen LogP contribution is 2.24. The van der Waals surface area contributed by atoms with Crippen LogP contribution in [0.5, 0.6) is 0 Å². The Morgan fingerprint density at radius 1 is 1.40 bits per heavy atom. The smallest absolute Gasteiger partial charge is 0.315 e. The van der Waals surface area contributed by atoms with Crippen LogP contribution in [0.3, 0.4) is 0 Å². The predicted molar refractivity (Wildman–Crippen MR) is 78.1 cm³/mol. The van der Waals surface area contributed by atoms with Crippen molar-refractivity contribution in [1.29, 1.82) is 0 Å². The quantitative estimate of drug-likeness (QED) is 0.799. The van der Waals surface area contributed by atoms with Crippen molar-refractivity contribution in [1.82, 2.24) is 10.6 Å².